The zero-order valence-corrected chi connectivity index (χ0v) is 22.0. The summed E-state index contributed by atoms with van der Waals surface area (Å²) in [6, 6.07) is 9.60. The van der Waals surface area contributed by atoms with Crippen molar-refractivity contribution in [3.63, 3.8) is 0 Å². The Labute approximate surface area is 212 Å². The molecule has 0 fully saturated rings. The van der Waals surface area contributed by atoms with Gasteiger partial charge in [-0.25, -0.2) is 0 Å². The largest absolute Gasteiger partial charge is 0.482 e. The van der Waals surface area contributed by atoms with Crippen molar-refractivity contribution in [1.82, 2.24) is 10.2 Å². The molecule has 2 rings (SSSR count). The molecular weight excluding hydrogens is 539 g/mol. The van der Waals surface area contributed by atoms with Crippen LogP contribution in [0.3, 0.4) is 0 Å². The van der Waals surface area contributed by atoms with Gasteiger partial charge >= 0.3 is 0 Å². The average molecular weight is 565 g/mol. The molecule has 1 unspecified atom stereocenters. The van der Waals surface area contributed by atoms with Gasteiger partial charge in [-0.3, -0.25) is 9.59 Å². The van der Waals surface area contributed by atoms with Gasteiger partial charge in [-0.1, -0.05) is 77.6 Å². The Bertz CT molecular complexity index is 956. The summed E-state index contributed by atoms with van der Waals surface area (Å²) >= 11 is 21.7. The first-order valence-corrected chi connectivity index (χ1v) is 12.1. The van der Waals surface area contributed by atoms with E-state index in [2.05, 4.69) is 21.2 Å². The lowest BCUT2D eigenvalue weighted by Crippen LogP contribution is -2.50. The maximum atomic E-state index is 13.2. The number of rotatable bonds is 10. The van der Waals surface area contributed by atoms with Crippen LogP contribution in [0.1, 0.15) is 32.8 Å². The average Bonchev–Trinajstić information content (AvgIpc) is 2.73. The predicted octanol–water partition coefficient (Wildman–Crippen LogP) is 6.37. The maximum Gasteiger partial charge on any atom is 0.261 e. The fraction of sp³-hybridized carbons (Fsp3) is 0.391. The number of nitrogens with one attached hydrogen (secondary N) is 1. The summed E-state index contributed by atoms with van der Waals surface area (Å²) < 4.78 is 6.47. The first kappa shape index (κ1) is 26.8. The van der Waals surface area contributed by atoms with Crippen LogP contribution in [0.15, 0.2) is 40.9 Å². The van der Waals surface area contributed by atoms with Crippen LogP contribution < -0.4 is 10.1 Å². The molecule has 0 radical (unpaired) electrons. The topological polar surface area (TPSA) is 58.6 Å². The predicted molar refractivity (Wildman–Crippen MR) is 134 cm³/mol. The standard InChI is InChI=1S/C23H26BrCl3N2O3/c1-4-20(23(31)28-11-14(2)3)29(12-15-5-7-17(25)18(26)9-15)22(30)13-32-21-8-6-16(24)10-19(21)27/h5-10,14,20H,4,11-13H2,1-3H3,(H,28,31). The lowest BCUT2D eigenvalue weighted by atomic mass is 10.1. The smallest absolute Gasteiger partial charge is 0.261 e. The highest BCUT2D eigenvalue weighted by atomic mass is 79.9. The highest BCUT2D eigenvalue weighted by molar-refractivity contribution is 9.10. The molecule has 0 saturated carbocycles. The molecule has 1 atom stereocenters. The number of amides is 2. The summed E-state index contributed by atoms with van der Waals surface area (Å²) in [7, 11) is 0. The van der Waals surface area contributed by atoms with Gasteiger partial charge in [-0.2, -0.15) is 0 Å². The molecule has 0 aliphatic rings. The van der Waals surface area contributed by atoms with Gasteiger partial charge in [0.05, 0.1) is 15.1 Å². The summed E-state index contributed by atoms with van der Waals surface area (Å²) in [5.74, 6) is 0.117. The van der Waals surface area contributed by atoms with Gasteiger partial charge < -0.3 is 15.0 Å². The van der Waals surface area contributed by atoms with Crippen molar-refractivity contribution >= 4 is 62.5 Å². The first-order chi connectivity index (χ1) is 15.1. The lowest BCUT2D eigenvalue weighted by molar-refractivity contribution is -0.143. The molecular formula is C23H26BrCl3N2O3. The van der Waals surface area contributed by atoms with Gasteiger partial charge in [0.25, 0.3) is 5.91 Å². The Kier molecular flexibility index (Phi) is 10.6. The molecule has 0 heterocycles. The molecule has 1 N–H and O–H groups in total. The number of ether oxygens (including phenoxy) is 1. The molecule has 2 aromatic carbocycles. The monoisotopic (exact) mass is 562 g/mol. The molecule has 0 bridgehead atoms. The molecule has 5 nitrogen and oxygen atoms in total. The summed E-state index contributed by atoms with van der Waals surface area (Å²) in [5.41, 5.74) is 0.754. The molecule has 0 aliphatic heterocycles. The van der Waals surface area contributed by atoms with Crippen molar-refractivity contribution < 1.29 is 14.3 Å². The van der Waals surface area contributed by atoms with E-state index in [0.29, 0.717) is 39.7 Å². The molecule has 0 aliphatic carbocycles. The van der Waals surface area contributed by atoms with E-state index in [-0.39, 0.29) is 25.0 Å². The molecule has 174 valence electrons. The quantitative estimate of drug-likeness (QED) is 0.365. The van der Waals surface area contributed by atoms with Crippen LogP contribution in [0.4, 0.5) is 0 Å². The maximum absolute atomic E-state index is 13.2. The van der Waals surface area contributed by atoms with Crippen LogP contribution in [-0.2, 0) is 16.1 Å². The second-order valence-electron chi connectivity index (χ2n) is 7.70. The second-order valence-corrected chi connectivity index (χ2v) is 9.83. The number of halogens is 4. The van der Waals surface area contributed by atoms with E-state index < -0.39 is 6.04 Å². The van der Waals surface area contributed by atoms with Gasteiger partial charge in [0, 0.05) is 17.6 Å². The van der Waals surface area contributed by atoms with Crippen LogP contribution >= 0.6 is 50.7 Å². The third-order valence-electron chi connectivity index (χ3n) is 4.65. The Balaban J connectivity index is 2.24. The number of carbonyl (C=O) groups excluding carboxylic acids is 2. The van der Waals surface area contributed by atoms with Crippen molar-refractivity contribution in [3.05, 3.63) is 61.5 Å². The van der Waals surface area contributed by atoms with E-state index in [0.717, 1.165) is 10.0 Å². The molecule has 0 aromatic heterocycles. The van der Waals surface area contributed by atoms with Crippen molar-refractivity contribution in [3.8, 4) is 5.75 Å². The van der Waals surface area contributed by atoms with Crippen LogP contribution in [0.25, 0.3) is 0 Å². The minimum absolute atomic E-state index is 0.181. The fourth-order valence-corrected chi connectivity index (χ4v) is 4.04. The van der Waals surface area contributed by atoms with E-state index in [4.69, 9.17) is 39.5 Å². The number of hydrogen-bond donors (Lipinski definition) is 1. The summed E-state index contributed by atoms with van der Waals surface area (Å²) in [6.07, 6.45) is 0.441. The molecule has 9 heteroatoms. The van der Waals surface area contributed by atoms with Crippen LogP contribution in [0.5, 0.6) is 5.75 Å². The molecule has 0 spiro atoms. The molecule has 32 heavy (non-hydrogen) atoms. The number of nitrogens with zero attached hydrogens (tertiary/aromatic N) is 1. The SMILES string of the molecule is CCC(C(=O)NCC(C)C)N(Cc1ccc(Cl)c(Cl)c1)C(=O)COc1ccc(Br)cc1Cl. The summed E-state index contributed by atoms with van der Waals surface area (Å²) in [6.45, 7) is 6.32. The van der Waals surface area contributed by atoms with Crippen molar-refractivity contribution in [1.29, 1.82) is 0 Å². The third-order valence-corrected chi connectivity index (χ3v) is 6.18. The van der Waals surface area contributed by atoms with E-state index >= 15 is 0 Å². The highest BCUT2D eigenvalue weighted by Crippen LogP contribution is 2.28. The van der Waals surface area contributed by atoms with E-state index in [9.17, 15) is 9.59 Å². The molecule has 2 aromatic rings. The zero-order valence-electron chi connectivity index (χ0n) is 18.1. The van der Waals surface area contributed by atoms with E-state index in [1.165, 1.54) is 4.90 Å². The van der Waals surface area contributed by atoms with Crippen molar-refractivity contribution in [2.45, 2.75) is 39.8 Å². The molecule has 2 amide bonds. The molecule has 0 saturated heterocycles. The Morgan fingerprint density at radius 2 is 1.78 bits per heavy atom. The van der Waals surface area contributed by atoms with E-state index in [1.807, 2.05) is 20.8 Å². The lowest BCUT2D eigenvalue weighted by Gasteiger charge is -2.31. The third kappa shape index (κ3) is 7.84. The Morgan fingerprint density at radius 3 is 2.38 bits per heavy atom. The number of benzene rings is 2. The van der Waals surface area contributed by atoms with Crippen LogP contribution in [0, 0.1) is 5.92 Å². The van der Waals surface area contributed by atoms with Gasteiger partial charge in [-0.15, -0.1) is 0 Å². The Morgan fingerprint density at radius 1 is 1.06 bits per heavy atom. The number of carbonyl (C=O) groups is 2. The van der Waals surface area contributed by atoms with Gasteiger partial charge in [0.2, 0.25) is 5.91 Å². The first-order valence-electron chi connectivity index (χ1n) is 10.2. The fourth-order valence-electron chi connectivity index (χ4n) is 2.99. The van der Waals surface area contributed by atoms with Crippen LogP contribution in [0.2, 0.25) is 15.1 Å². The van der Waals surface area contributed by atoms with Gasteiger partial charge in [0.1, 0.15) is 11.8 Å². The summed E-state index contributed by atoms with van der Waals surface area (Å²) in [5, 5.41) is 4.10. The minimum atomic E-state index is -0.667. The zero-order chi connectivity index (χ0) is 23.8. The van der Waals surface area contributed by atoms with E-state index in [1.54, 1.807) is 36.4 Å². The Hall–Kier alpha value is -1.47. The normalized spacial score (nSPS) is 11.9. The minimum Gasteiger partial charge on any atom is -0.482 e. The van der Waals surface area contributed by atoms with Crippen LogP contribution in [-0.4, -0.2) is 35.9 Å². The van der Waals surface area contributed by atoms with Crippen molar-refractivity contribution in [2.75, 3.05) is 13.2 Å². The highest BCUT2D eigenvalue weighted by Gasteiger charge is 2.29. The van der Waals surface area contributed by atoms with Crippen molar-refractivity contribution in [2.24, 2.45) is 5.92 Å². The van der Waals surface area contributed by atoms with Gasteiger partial charge in [0.15, 0.2) is 6.61 Å². The summed E-state index contributed by atoms with van der Waals surface area (Å²) in [4.78, 5) is 27.6. The number of hydrogen-bond acceptors (Lipinski definition) is 3. The second kappa shape index (κ2) is 12.7. The van der Waals surface area contributed by atoms with Gasteiger partial charge in [-0.05, 0) is 48.2 Å².